The van der Waals surface area contributed by atoms with Crippen molar-refractivity contribution in [2.45, 2.75) is 46.0 Å². The van der Waals surface area contributed by atoms with E-state index in [9.17, 15) is 0 Å². The summed E-state index contributed by atoms with van der Waals surface area (Å²) in [7, 11) is 0. The molecule has 5 nitrogen and oxygen atoms in total. The van der Waals surface area contributed by atoms with Gasteiger partial charge in [0.15, 0.2) is 0 Å². The highest BCUT2D eigenvalue weighted by Gasteiger charge is 2.23. The maximum absolute atomic E-state index is 5.98. The van der Waals surface area contributed by atoms with Crippen LogP contribution in [0.3, 0.4) is 0 Å². The average molecular weight is 378 g/mol. The van der Waals surface area contributed by atoms with E-state index in [1.807, 2.05) is 31.3 Å². The predicted molar refractivity (Wildman–Crippen MR) is 107 cm³/mol. The van der Waals surface area contributed by atoms with Crippen LogP contribution in [0, 0.1) is 0 Å². The summed E-state index contributed by atoms with van der Waals surface area (Å²) in [6.45, 7) is 6.98. The van der Waals surface area contributed by atoms with Gasteiger partial charge in [0.2, 0.25) is 0 Å². The minimum Gasteiger partial charge on any atom is -0.494 e. The summed E-state index contributed by atoms with van der Waals surface area (Å²) in [5.74, 6) is 2.85. The molecular weight excluding hydrogens is 352 g/mol. The minimum absolute atomic E-state index is 0.217. The summed E-state index contributed by atoms with van der Waals surface area (Å²) < 4.78 is 17.5. The number of nitrogens with zero attached hydrogens (tertiary/aromatic N) is 2. The summed E-state index contributed by atoms with van der Waals surface area (Å²) in [5.41, 5.74) is 3.52. The summed E-state index contributed by atoms with van der Waals surface area (Å²) in [6, 6.07) is 12.3. The van der Waals surface area contributed by atoms with E-state index in [0.717, 1.165) is 47.9 Å². The van der Waals surface area contributed by atoms with Crippen molar-refractivity contribution in [2.75, 3.05) is 6.61 Å². The largest absolute Gasteiger partial charge is 0.494 e. The zero-order chi connectivity index (χ0) is 19.3. The SMILES string of the molecule is CCOc1cc2c(cc1CN(Cc1cccnc1)Cc1ccco1)OC(C)C2. The van der Waals surface area contributed by atoms with Gasteiger partial charge >= 0.3 is 0 Å². The van der Waals surface area contributed by atoms with Crippen molar-refractivity contribution < 1.29 is 13.9 Å². The Kier molecular flexibility index (Phi) is 5.63. The fourth-order valence-electron chi connectivity index (χ4n) is 3.68. The normalized spacial score (nSPS) is 15.5. The number of fused-ring (bicyclic) bond motifs is 1. The van der Waals surface area contributed by atoms with Crippen molar-refractivity contribution in [3.05, 3.63) is 77.5 Å². The van der Waals surface area contributed by atoms with Crippen molar-refractivity contribution in [1.29, 1.82) is 0 Å². The topological polar surface area (TPSA) is 47.7 Å². The molecule has 1 unspecified atom stereocenters. The van der Waals surface area contributed by atoms with Gasteiger partial charge in [-0.3, -0.25) is 9.88 Å². The van der Waals surface area contributed by atoms with Crippen LogP contribution < -0.4 is 9.47 Å². The van der Waals surface area contributed by atoms with E-state index in [1.54, 1.807) is 12.5 Å². The highest BCUT2D eigenvalue weighted by atomic mass is 16.5. The Balaban J connectivity index is 1.61. The van der Waals surface area contributed by atoms with Gasteiger partial charge in [0, 0.05) is 43.0 Å². The van der Waals surface area contributed by atoms with Gasteiger partial charge in [0.05, 0.1) is 19.4 Å². The second-order valence-corrected chi connectivity index (χ2v) is 7.22. The summed E-state index contributed by atoms with van der Waals surface area (Å²) >= 11 is 0. The van der Waals surface area contributed by atoms with Crippen LogP contribution in [-0.4, -0.2) is 22.6 Å². The third kappa shape index (κ3) is 4.37. The zero-order valence-corrected chi connectivity index (χ0v) is 16.4. The number of aromatic nitrogens is 1. The van der Waals surface area contributed by atoms with Gasteiger partial charge in [0.25, 0.3) is 0 Å². The Morgan fingerprint density at radius 1 is 1.18 bits per heavy atom. The Hall–Kier alpha value is -2.79. The lowest BCUT2D eigenvalue weighted by molar-refractivity contribution is 0.220. The first kappa shape index (κ1) is 18.6. The lowest BCUT2D eigenvalue weighted by atomic mass is 10.1. The number of hydrogen-bond donors (Lipinski definition) is 0. The molecule has 0 aliphatic carbocycles. The third-order valence-corrected chi connectivity index (χ3v) is 4.86. The molecule has 28 heavy (non-hydrogen) atoms. The molecule has 0 fully saturated rings. The van der Waals surface area contributed by atoms with Crippen LogP contribution in [0.5, 0.6) is 11.5 Å². The molecular formula is C23H26N2O3. The van der Waals surface area contributed by atoms with Gasteiger partial charge in [0.1, 0.15) is 23.4 Å². The molecule has 4 rings (SSSR count). The van der Waals surface area contributed by atoms with Crippen molar-refractivity contribution in [3.63, 3.8) is 0 Å². The molecule has 1 aliphatic heterocycles. The zero-order valence-electron chi connectivity index (χ0n) is 16.4. The van der Waals surface area contributed by atoms with Crippen molar-refractivity contribution in [1.82, 2.24) is 9.88 Å². The van der Waals surface area contributed by atoms with E-state index >= 15 is 0 Å². The minimum atomic E-state index is 0.217. The van der Waals surface area contributed by atoms with E-state index in [1.165, 1.54) is 5.56 Å². The molecule has 5 heteroatoms. The fourth-order valence-corrected chi connectivity index (χ4v) is 3.68. The molecule has 1 aromatic carbocycles. The van der Waals surface area contributed by atoms with Crippen LogP contribution in [-0.2, 0) is 26.1 Å². The van der Waals surface area contributed by atoms with Crippen LogP contribution >= 0.6 is 0 Å². The van der Waals surface area contributed by atoms with Crippen molar-refractivity contribution >= 4 is 0 Å². The molecule has 0 N–H and O–H groups in total. The Morgan fingerprint density at radius 3 is 2.86 bits per heavy atom. The predicted octanol–water partition coefficient (Wildman–Crippen LogP) is 4.60. The highest BCUT2D eigenvalue weighted by molar-refractivity contribution is 5.48. The quantitative estimate of drug-likeness (QED) is 0.573. The van der Waals surface area contributed by atoms with E-state index in [-0.39, 0.29) is 6.10 Å². The van der Waals surface area contributed by atoms with Gasteiger partial charge in [-0.05, 0) is 49.7 Å². The van der Waals surface area contributed by atoms with Gasteiger partial charge in [-0.2, -0.15) is 0 Å². The first-order valence-corrected chi connectivity index (χ1v) is 9.80. The van der Waals surface area contributed by atoms with E-state index < -0.39 is 0 Å². The fraction of sp³-hybridized carbons (Fsp3) is 0.348. The lowest BCUT2D eigenvalue weighted by Crippen LogP contribution is -2.22. The summed E-state index contributed by atoms with van der Waals surface area (Å²) in [5, 5.41) is 0. The number of rotatable bonds is 8. The van der Waals surface area contributed by atoms with Crippen LogP contribution in [0.4, 0.5) is 0 Å². The van der Waals surface area contributed by atoms with Crippen LogP contribution in [0.1, 0.15) is 36.3 Å². The second kappa shape index (κ2) is 8.48. The molecule has 0 saturated carbocycles. The van der Waals surface area contributed by atoms with Crippen LogP contribution in [0.2, 0.25) is 0 Å². The summed E-state index contributed by atoms with van der Waals surface area (Å²) in [6.07, 6.45) is 6.57. The number of benzene rings is 1. The Labute approximate surface area is 165 Å². The molecule has 1 atom stereocenters. The van der Waals surface area contributed by atoms with E-state index in [0.29, 0.717) is 13.2 Å². The van der Waals surface area contributed by atoms with Crippen LogP contribution in [0.15, 0.2) is 59.5 Å². The average Bonchev–Trinajstić information content (AvgIpc) is 3.31. The van der Waals surface area contributed by atoms with Gasteiger partial charge < -0.3 is 13.9 Å². The Morgan fingerprint density at radius 2 is 2.11 bits per heavy atom. The van der Waals surface area contributed by atoms with E-state index in [2.05, 4.69) is 35.0 Å². The monoisotopic (exact) mass is 378 g/mol. The molecule has 0 radical (unpaired) electrons. The molecule has 0 saturated heterocycles. The maximum atomic E-state index is 5.98. The van der Waals surface area contributed by atoms with Crippen molar-refractivity contribution in [2.24, 2.45) is 0 Å². The third-order valence-electron chi connectivity index (χ3n) is 4.86. The number of furan rings is 1. The number of pyridine rings is 1. The van der Waals surface area contributed by atoms with Crippen LogP contribution in [0.25, 0.3) is 0 Å². The molecule has 0 bridgehead atoms. The first-order valence-electron chi connectivity index (χ1n) is 9.80. The van der Waals surface area contributed by atoms with Gasteiger partial charge in [-0.25, -0.2) is 0 Å². The number of hydrogen-bond acceptors (Lipinski definition) is 5. The maximum Gasteiger partial charge on any atom is 0.124 e. The molecule has 146 valence electrons. The van der Waals surface area contributed by atoms with E-state index in [4.69, 9.17) is 13.9 Å². The molecule has 0 amide bonds. The summed E-state index contributed by atoms with van der Waals surface area (Å²) in [4.78, 5) is 6.58. The molecule has 1 aliphatic rings. The van der Waals surface area contributed by atoms with Gasteiger partial charge in [-0.15, -0.1) is 0 Å². The van der Waals surface area contributed by atoms with Gasteiger partial charge in [-0.1, -0.05) is 6.07 Å². The highest BCUT2D eigenvalue weighted by Crippen LogP contribution is 2.36. The Bertz CT molecular complexity index is 894. The first-order chi connectivity index (χ1) is 13.7. The lowest BCUT2D eigenvalue weighted by Gasteiger charge is -2.23. The smallest absolute Gasteiger partial charge is 0.124 e. The molecule has 2 aromatic heterocycles. The molecule has 3 aromatic rings. The standard InChI is InChI=1S/C23H26N2O3/c1-3-26-22-11-19-10-17(2)28-23(19)12-20(22)15-25(16-21-7-5-9-27-21)14-18-6-4-8-24-13-18/h4-9,11-13,17H,3,10,14-16H2,1-2H3. The number of ether oxygens (including phenoxy) is 2. The second-order valence-electron chi connectivity index (χ2n) is 7.22. The molecule has 3 heterocycles. The van der Waals surface area contributed by atoms with Crippen molar-refractivity contribution in [3.8, 4) is 11.5 Å². The molecule has 0 spiro atoms.